The van der Waals surface area contributed by atoms with Crippen molar-refractivity contribution in [3.63, 3.8) is 0 Å². The van der Waals surface area contributed by atoms with Crippen molar-refractivity contribution >= 4 is 5.91 Å². The molecule has 2 rings (SSSR count). The molecule has 1 fully saturated rings. The second-order valence-corrected chi connectivity index (χ2v) is 6.21. The zero-order valence-corrected chi connectivity index (χ0v) is 15.1. The minimum atomic E-state index is -0.119. The van der Waals surface area contributed by atoms with Crippen molar-refractivity contribution in [3.05, 3.63) is 36.4 Å². The summed E-state index contributed by atoms with van der Waals surface area (Å²) in [5, 5.41) is 2.92. The van der Waals surface area contributed by atoms with Gasteiger partial charge in [0.05, 0.1) is 13.2 Å². The smallest absolute Gasteiger partial charge is 0.251 e. The fourth-order valence-electron chi connectivity index (χ4n) is 2.93. The van der Waals surface area contributed by atoms with Crippen LogP contribution in [0, 0.1) is 0 Å². The average Bonchev–Trinajstić information content (AvgIpc) is 2.66. The van der Waals surface area contributed by atoms with E-state index in [4.69, 9.17) is 14.2 Å². The highest BCUT2D eigenvalue weighted by Gasteiger charge is 2.13. The standard InChI is InChI=1S/C20H29NO4/c1-3-13-25-18-11-10-16(15-19(18)23-2)20(22)21-12-7-14-24-17-8-5-4-6-9-17/h3,10-11,15,17H,1,4-9,12-14H2,2H3,(H,21,22). The fraction of sp³-hybridized carbons (Fsp3) is 0.550. The highest BCUT2D eigenvalue weighted by Crippen LogP contribution is 2.28. The second-order valence-electron chi connectivity index (χ2n) is 6.21. The summed E-state index contributed by atoms with van der Waals surface area (Å²) in [5.41, 5.74) is 0.552. The summed E-state index contributed by atoms with van der Waals surface area (Å²) >= 11 is 0. The maximum Gasteiger partial charge on any atom is 0.251 e. The molecule has 0 saturated heterocycles. The van der Waals surface area contributed by atoms with Gasteiger partial charge in [-0.2, -0.15) is 0 Å². The monoisotopic (exact) mass is 347 g/mol. The quantitative estimate of drug-likeness (QED) is 0.517. The zero-order chi connectivity index (χ0) is 17.9. The first-order valence-corrected chi connectivity index (χ1v) is 9.06. The van der Waals surface area contributed by atoms with Crippen molar-refractivity contribution in [2.45, 2.75) is 44.6 Å². The van der Waals surface area contributed by atoms with Crippen LogP contribution in [0.3, 0.4) is 0 Å². The van der Waals surface area contributed by atoms with Gasteiger partial charge < -0.3 is 19.5 Å². The molecule has 1 aliphatic rings. The van der Waals surface area contributed by atoms with E-state index < -0.39 is 0 Å². The zero-order valence-electron chi connectivity index (χ0n) is 15.1. The average molecular weight is 347 g/mol. The van der Waals surface area contributed by atoms with E-state index >= 15 is 0 Å². The number of benzene rings is 1. The van der Waals surface area contributed by atoms with Crippen molar-refractivity contribution < 1.29 is 19.0 Å². The lowest BCUT2D eigenvalue weighted by atomic mass is 9.98. The summed E-state index contributed by atoms with van der Waals surface area (Å²) in [6, 6.07) is 5.16. The van der Waals surface area contributed by atoms with Crippen LogP contribution in [-0.4, -0.2) is 38.9 Å². The van der Waals surface area contributed by atoms with Crippen molar-refractivity contribution in [3.8, 4) is 11.5 Å². The molecule has 0 aliphatic heterocycles. The summed E-state index contributed by atoms with van der Waals surface area (Å²) in [5.74, 6) is 1.02. The first kappa shape index (κ1) is 19.3. The topological polar surface area (TPSA) is 56.8 Å². The van der Waals surface area contributed by atoms with Crippen LogP contribution in [0.1, 0.15) is 48.9 Å². The minimum Gasteiger partial charge on any atom is -0.493 e. The van der Waals surface area contributed by atoms with Crippen LogP contribution in [0.2, 0.25) is 0 Å². The van der Waals surface area contributed by atoms with E-state index in [9.17, 15) is 4.79 Å². The maximum absolute atomic E-state index is 12.2. The maximum atomic E-state index is 12.2. The molecule has 0 radical (unpaired) electrons. The van der Waals surface area contributed by atoms with Crippen LogP contribution in [-0.2, 0) is 4.74 Å². The Morgan fingerprint density at radius 1 is 1.28 bits per heavy atom. The van der Waals surface area contributed by atoms with E-state index in [2.05, 4.69) is 11.9 Å². The predicted molar refractivity (Wildman–Crippen MR) is 98.5 cm³/mol. The summed E-state index contributed by atoms with van der Waals surface area (Å²) < 4.78 is 16.6. The van der Waals surface area contributed by atoms with Gasteiger partial charge >= 0.3 is 0 Å². The number of hydrogen-bond acceptors (Lipinski definition) is 4. The third kappa shape index (κ3) is 6.42. The third-order valence-corrected chi connectivity index (χ3v) is 4.29. The summed E-state index contributed by atoms with van der Waals surface area (Å²) in [6.45, 7) is 5.30. The molecule has 0 unspecified atom stereocenters. The Kier molecular flexibility index (Phi) is 8.32. The van der Waals surface area contributed by atoms with Gasteiger partial charge in [0, 0.05) is 18.7 Å². The first-order chi connectivity index (χ1) is 12.2. The Bertz CT molecular complexity index is 553. The lowest BCUT2D eigenvalue weighted by Crippen LogP contribution is -2.26. The van der Waals surface area contributed by atoms with Gasteiger partial charge in [-0.05, 0) is 37.5 Å². The first-order valence-electron chi connectivity index (χ1n) is 9.06. The van der Waals surface area contributed by atoms with Crippen LogP contribution in [0.15, 0.2) is 30.9 Å². The van der Waals surface area contributed by atoms with Crippen LogP contribution in [0.25, 0.3) is 0 Å². The number of methoxy groups -OCH3 is 1. The Labute approximate surface area is 150 Å². The van der Waals surface area contributed by atoms with E-state index in [1.807, 2.05) is 0 Å². The van der Waals surface area contributed by atoms with Gasteiger partial charge in [0.25, 0.3) is 5.91 Å². The van der Waals surface area contributed by atoms with Gasteiger partial charge in [0.15, 0.2) is 11.5 Å². The number of ether oxygens (including phenoxy) is 3. The molecule has 1 amide bonds. The molecule has 0 spiro atoms. The molecule has 0 heterocycles. The highest BCUT2D eigenvalue weighted by atomic mass is 16.5. The third-order valence-electron chi connectivity index (χ3n) is 4.29. The Balaban J connectivity index is 1.73. The molecule has 1 aromatic carbocycles. The van der Waals surface area contributed by atoms with Gasteiger partial charge in [-0.15, -0.1) is 0 Å². The molecule has 1 aromatic rings. The molecule has 0 bridgehead atoms. The predicted octanol–water partition coefficient (Wildman–Crippen LogP) is 3.73. The van der Waals surface area contributed by atoms with Gasteiger partial charge in [-0.1, -0.05) is 31.9 Å². The number of rotatable bonds is 10. The van der Waals surface area contributed by atoms with Gasteiger partial charge in [-0.3, -0.25) is 4.79 Å². The molecule has 0 atom stereocenters. The fourth-order valence-corrected chi connectivity index (χ4v) is 2.93. The lowest BCUT2D eigenvalue weighted by molar-refractivity contribution is 0.0273. The molecule has 5 nitrogen and oxygen atoms in total. The minimum absolute atomic E-state index is 0.119. The second kappa shape index (κ2) is 10.8. The van der Waals surface area contributed by atoms with E-state index in [0.29, 0.717) is 42.9 Å². The lowest BCUT2D eigenvalue weighted by Gasteiger charge is -2.21. The number of nitrogens with one attached hydrogen (secondary N) is 1. The van der Waals surface area contributed by atoms with Crippen molar-refractivity contribution in [2.75, 3.05) is 26.9 Å². The van der Waals surface area contributed by atoms with Gasteiger partial charge in [0.2, 0.25) is 0 Å². The molecular formula is C20H29NO4. The molecule has 5 heteroatoms. The van der Waals surface area contributed by atoms with E-state index in [0.717, 1.165) is 6.42 Å². The molecule has 1 saturated carbocycles. The SMILES string of the molecule is C=CCOc1ccc(C(=O)NCCCOC2CCCCC2)cc1OC. The summed E-state index contributed by atoms with van der Waals surface area (Å²) in [4.78, 5) is 12.2. The van der Waals surface area contributed by atoms with Crippen molar-refractivity contribution in [1.29, 1.82) is 0 Å². The van der Waals surface area contributed by atoms with Gasteiger partial charge in [-0.25, -0.2) is 0 Å². The van der Waals surface area contributed by atoms with Crippen LogP contribution >= 0.6 is 0 Å². The van der Waals surface area contributed by atoms with Crippen LogP contribution < -0.4 is 14.8 Å². The Hall–Kier alpha value is -2.01. The van der Waals surface area contributed by atoms with E-state index in [-0.39, 0.29) is 5.91 Å². The number of carbonyl (C=O) groups is 1. The normalized spacial score (nSPS) is 14.8. The number of hydrogen-bond donors (Lipinski definition) is 1. The molecule has 138 valence electrons. The Morgan fingerprint density at radius 3 is 2.80 bits per heavy atom. The van der Waals surface area contributed by atoms with Crippen LogP contribution in [0.5, 0.6) is 11.5 Å². The van der Waals surface area contributed by atoms with Crippen LogP contribution in [0.4, 0.5) is 0 Å². The molecule has 0 aromatic heterocycles. The Morgan fingerprint density at radius 2 is 2.08 bits per heavy atom. The largest absolute Gasteiger partial charge is 0.493 e. The van der Waals surface area contributed by atoms with E-state index in [1.165, 1.54) is 32.1 Å². The molecule has 1 N–H and O–H groups in total. The van der Waals surface area contributed by atoms with Crippen molar-refractivity contribution in [1.82, 2.24) is 5.32 Å². The summed E-state index contributed by atoms with van der Waals surface area (Å²) in [7, 11) is 1.56. The molecular weight excluding hydrogens is 318 g/mol. The van der Waals surface area contributed by atoms with E-state index in [1.54, 1.807) is 31.4 Å². The molecule has 1 aliphatic carbocycles. The summed E-state index contributed by atoms with van der Waals surface area (Å²) in [6.07, 6.45) is 9.12. The van der Waals surface area contributed by atoms with Gasteiger partial charge in [0.1, 0.15) is 6.61 Å². The van der Waals surface area contributed by atoms with Crippen molar-refractivity contribution in [2.24, 2.45) is 0 Å². The number of carbonyl (C=O) groups excluding carboxylic acids is 1. The molecule has 25 heavy (non-hydrogen) atoms. The number of amides is 1. The highest BCUT2D eigenvalue weighted by molar-refractivity contribution is 5.94.